The highest BCUT2D eigenvalue weighted by Gasteiger charge is 2.39. The lowest BCUT2D eigenvalue weighted by Gasteiger charge is -2.27. The van der Waals surface area contributed by atoms with Gasteiger partial charge in [-0.3, -0.25) is 0 Å². The van der Waals surface area contributed by atoms with Crippen LogP contribution < -0.4 is 4.72 Å². The van der Waals surface area contributed by atoms with Crippen molar-refractivity contribution in [3.05, 3.63) is 0 Å². The van der Waals surface area contributed by atoms with Gasteiger partial charge in [0.1, 0.15) is 5.21 Å². The molecule has 0 aromatic rings. The topological polar surface area (TPSA) is 55.4 Å². The van der Waals surface area contributed by atoms with Crippen molar-refractivity contribution < 1.29 is 13.2 Å². The zero-order valence-electron chi connectivity index (χ0n) is 7.71. The first-order chi connectivity index (χ1) is 5.90. The second kappa shape index (κ2) is 3.73. The molecule has 1 fully saturated rings. The van der Waals surface area contributed by atoms with Crippen LogP contribution in [0.1, 0.15) is 20.3 Å². The number of rotatable bonds is 3. The van der Waals surface area contributed by atoms with E-state index in [1.807, 2.05) is 13.8 Å². The minimum absolute atomic E-state index is 0.106. The Kier molecular flexibility index (Phi) is 3.22. The summed E-state index contributed by atoms with van der Waals surface area (Å²) in [4.78, 5) is 0. The van der Waals surface area contributed by atoms with Crippen LogP contribution in [0.3, 0.4) is 0 Å². The molecule has 1 aliphatic heterocycles. The van der Waals surface area contributed by atoms with Crippen molar-refractivity contribution in [2.45, 2.75) is 31.9 Å². The van der Waals surface area contributed by atoms with Crippen LogP contribution in [-0.4, -0.2) is 31.9 Å². The molecule has 0 bridgehead atoms. The van der Waals surface area contributed by atoms with Crippen LogP contribution in [0.4, 0.5) is 0 Å². The molecule has 0 spiro atoms. The molecule has 0 aromatic heterocycles. The number of nitrogens with one attached hydrogen (secondary N) is 1. The van der Waals surface area contributed by atoms with Crippen molar-refractivity contribution >= 4 is 21.6 Å². The Balaban J connectivity index is 2.72. The average molecular weight is 228 g/mol. The van der Waals surface area contributed by atoms with E-state index in [-0.39, 0.29) is 6.10 Å². The van der Waals surface area contributed by atoms with Gasteiger partial charge in [0.15, 0.2) is 0 Å². The first-order valence-corrected chi connectivity index (χ1v) is 6.27. The summed E-state index contributed by atoms with van der Waals surface area (Å²) in [5.74, 6) is 0. The number of sulfonamides is 1. The molecule has 78 valence electrons. The summed E-state index contributed by atoms with van der Waals surface area (Å²) in [6, 6.07) is 0. The average Bonchev–Trinajstić information content (AvgIpc) is 2.31. The standard InChI is InChI=1S/C7H14ClNO3S/c1-6-7(2,3-4-12-6)9-13(10,11)5-8/h6,9H,3-5H2,1-2H3. The van der Waals surface area contributed by atoms with Crippen LogP contribution in [0.15, 0.2) is 0 Å². The molecule has 1 heterocycles. The summed E-state index contributed by atoms with van der Waals surface area (Å²) in [6.07, 6.45) is 0.579. The first kappa shape index (κ1) is 11.2. The summed E-state index contributed by atoms with van der Waals surface area (Å²) >= 11 is 5.29. The summed E-state index contributed by atoms with van der Waals surface area (Å²) < 4.78 is 30.2. The van der Waals surface area contributed by atoms with Crippen molar-refractivity contribution in [2.24, 2.45) is 0 Å². The van der Waals surface area contributed by atoms with Crippen molar-refractivity contribution in [3.63, 3.8) is 0 Å². The summed E-state index contributed by atoms with van der Waals surface area (Å²) in [5.41, 5.74) is -0.506. The largest absolute Gasteiger partial charge is 0.376 e. The van der Waals surface area contributed by atoms with Gasteiger partial charge < -0.3 is 4.74 Å². The molecule has 1 rings (SSSR count). The maximum atomic E-state index is 11.2. The number of alkyl halides is 1. The molecule has 4 nitrogen and oxygen atoms in total. The molecule has 0 amide bonds. The van der Waals surface area contributed by atoms with Gasteiger partial charge in [-0.15, -0.1) is 11.6 Å². The molecular weight excluding hydrogens is 214 g/mol. The Morgan fingerprint density at radius 3 is 2.69 bits per heavy atom. The number of hydrogen-bond donors (Lipinski definition) is 1. The smallest absolute Gasteiger partial charge is 0.226 e. The predicted molar refractivity (Wildman–Crippen MR) is 51.2 cm³/mol. The molecule has 1 aliphatic rings. The normalized spacial score (nSPS) is 35.2. The van der Waals surface area contributed by atoms with Crippen LogP contribution >= 0.6 is 11.6 Å². The zero-order chi connectivity index (χ0) is 10.1. The van der Waals surface area contributed by atoms with Crippen molar-refractivity contribution in [3.8, 4) is 0 Å². The fraction of sp³-hybridized carbons (Fsp3) is 1.00. The van der Waals surface area contributed by atoms with Crippen molar-refractivity contribution in [1.82, 2.24) is 4.72 Å². The van der Waals surface area contributed by atoms with Gasteiger partial charge in [0.2, 0.25) is 10.0 Å². The van der Waals surface area contributed by atoms with Crippen LogP contribution in [0.2, 0.25) is 0 Å². The van der Waals surface area contributed by atoms with Gasteiger partial charge in [-0.25, -0.2) is 13.1 Å². The van der Waals surface area contributed by atoms with Crippen LogP contribution in [0.5, 0.6) is 0 Å². The van der Waals surface area contributed by atoms with E-state index in [0.29, 0.717) is 13.0 Å². The third kappa shape index (κ3) is 2.56. The lowest BCUT2D eigenvalue weighted by molar-refractivity contribution is 0.0958. The Morgan fingerprint density at radius 1 is 1.69 bits per heavy atom. The van der Waals surface area contributed by atoms with Gasteiger partial charge in [0.25, 0.3) is 0 Å². The fourth-order valence-electron chi connectivity index (χ4n) is 1.35. The lowest BCUT2D eigenvalue weighted by Crippen LogP contribution is -2.50. The minimum Gasteiger partial charge on any atom is -0.376 e. The second-order valence-corrected chi connectivity index (χ2v) is 5.81. The van der Waals surface area contributed by atoms with E-state index in [0.717, 1.165) is 0 Å². The molecule has 6 heteroatoms. The van der Waals surface area contributed by atoms with E-state index in [4.69, 9.17) is 16.3 Å². The molecule has 13 heavy (non-hydrogen) atoms. The van der Waals surface area contributed by atoms with E-state index in [9.17, 15) is 8.42 Å². The molecule has 2 unspecified atom stereocenters. The third-order valence-electron chi connectivity index (χ3n) is 2.42. The van der Waals surface area contributed by atoms with E-state index >= 15 is 0 Å². The van der Waals surface area contributed by atoms with Crippen LogP contribution in [0.25, 0.3) is 0 Å². The van der Waals surface area contributed by atoms with E-state index in [2.05, 4.69) is 4.72 Å². The highest BCUT2D eigenvalue weighted by molar-refractivity contribution is 7.90. The van der Waals surface area contributed by atoms with Gasteiger partial charge in [-0.2, -0.15) is 0 Å². The molecule has 0 aliphatic carbocycles. The number of hydrogen-bond acceptors (Lipinski definition) is 3. The fourth-order valence-corrected chi connectivity index (χ4v) is 2.55. The van der Waals surface area contributed by atoms with E-state index in [1.165, 1.54) is 0 Å². The zero-order valence-corrected chi connectivity index (χ0v) is 9.28. The monoisotopic (exact) mass is 227 g/mol. The molecular formula is C7H14ClNO3S. The Bertz CT molecular complexity index is 279. The summed E-state index contributed by atoms with van der Waals surface area (Å²) in [6.45, 7) is 4.26. The highest BCUT2D eigenvalue weighted by atomic mass is 35.5. The quantitative estimate of drug-likeness (QED) is 0.721. The first-order valence-electron chi connectivity index (χ1n) is 4.09. The molecule has 0 aromatic carbocycles. The van der Waals surface area contributed by atoms with Gasteiger partial charge >= 0.3 is 0 Å². The summed E-state index contributed by atoms with van der Waals surface area (Å²) in [5, 5.41) is -0.407. The lowest BCUT2D eigenvalue weighted by atomic mass is 9.97. The Morgan fingerprint density at radius 2 is 2.31 bits per heavy atom. The summed E-state index contributed by atoms with van der Waals surface area (Å²) in [7, 11) is -3.36. The number of halogens is 1. The SMILES string of the molecule is CC1OCCC1(C)NS(=O)(=O)CCl. The van der Waals surface area contributed by atoms with E-state index in [1.54, 1.807) is 0 Å². The molecule has 2 atom stereocenters. The van der Waals surface area contributed by atoms with Gasteiger partial charge in [-0.05, 0) is 20.3 Å². The Labute approximate surface area is 83.7 Å². The number of ether oxygens (including phenoxy) is 1. The Hall–Kier alpha value is 0.160. The molecule has 0 radical (unpaired) electrons. The highest BCUT2D eigenvalue weighted by Crippen LogP contribution is 2.25. The molecule has 1 N–H and O–H groups in total. The molecule has 1 saturated heterocycles. The van der Waals surface area contributed by atoms with Crippen molar-refractivity contribution in [1.29, 1.82) is 0 Å². The van der Waals surface area contributed by atoms with Crippen molar-refractivity contribution in [2.75, 3.05) is 11.8 Å². The van der Waals surface area contributed by atoms with Crippen LogP contribution in [0, 0.1) is 0 Å². The predicted octanol–water partition coefficient (Wildman–Crippen LogP) is 0.670. The van der Waals surface area contributed by atoms with Gasteiger partial charge in [-0.1, -0.05) is 0 Å². The third-order valence-corrected chi connectivity index (χ3v) is 4.35. The van der Waals surface area contributed by atoms with E-state index < -0.39 is 20.8 Å². The maximum Gasteiger partial charge on any atom is 0.226 e. The minimum atomic E-state index is -3.36. The molecule has 0 saturated carbocycles. The van der Waals surface area contributed by atoms with Crippen LogP contribution in [-0.2, 0) is 14.8 Å². The maximum absolute atomic E-state index is 11.2. The van der Waals surface area contributed by atoms with Gasteiger partial charge in [0, 0.05) is 6.61 Å². The van der Waals surface area contributed by atoms with Gasteiger partial charge in [0.05, 0.1) is 11.6 Å². The second-order valence-electron chi connectivity index (χ2n) is 3.51.